The molecule has 0 spiro atoms. The topological polar surface area (TPSA) is 32.3 Å². The van der Waals surface area contributed by atoms with Gasteiger partial charge in [-0.25, -0.2) is 0 Å². The molecular weight excluding hydrogens is 789 g/mol. The van der Waals surface area contributed by atoms with Gasteiger partial charge in [0.25, 0.3) is 0 Å². The van der Waals surface area contributed by atoms with Crippen LogP contribution in [0, 0.1) is 0 Å². The van der Waals surface area contributed by atoms with E-state index in [-0.39, 0.29) is 10.7 Å². The van der Waals surface area contributed by atoms with Gasteiger partial charge in [0.15, 0.2) is 0 Å². The van der Waals surface area contributed by atoms with Crippen molar-refractivity contribution in [3.8, 4) is 0 Å². The summed E-state index contributed by atoms with van der Waals surface area (Å²) >= 11 is 7.30. The second kappa shape index (κ2) is 22.0. The van der Waals surface area contributed by atoms with Gasteiger partial charge >= 0.3 is 0 Å². The molecule has 6 heteroatoms. The second-order valence-electron chi connectivity index (χ2n) is 14.0. The first-order valence-corrected chi connectivity index (χ1v) is 22.9. The molecule has 0 unspecified atom stereocenters. The molecule has 6 aromatic rings. The summed E-state index contributed by atoms with van der Waals surface area (Å²) in [4.78, 5) is 16.3. The number of benzene rings is 6. The van der Waals surface area contributed by atoms with Crippen LogP contribution in [0.1, 0.15) is 59.1 Å². The van der Waals surface area contributed by atoms with Crippen molar-refractivity contribution in [1.29, 1.82) is 0 Å². The minimum atomic E-state index is -0.526. The number of nitrogens with one attached hydrogen (secondary N) is 1. The average Bonchev–Trinajstić information content (AvgIpc) is 3.27. The molecule has 0 atom stereocenters. The van der Waals surface area contributed by atoms with Gasteiger partial charge in [-0.1, -0.05) is 211 Å². The Morgan fingerprint density at radius 2 is 0.821 bits per heavy atom. The molecule has 0 aliphatic rings. The van der Waals surface area contributed by atoms with Crippen molar-refractivity contribution in [2.24, 2.45) is 0 Å². The van der Waals surface area contributed by atoms with Gasteiger partial charge in [0.2, 0.25) is 5.91 Å². The Balaban J connectivity index is 1.16. The normalized spacial score (nSPS) is 11.8. The quantitative estimate of drug-likeness (QED) is 0.0419. The van der Waals surface area contributed by atoms with E-state index in [0.717, 1.165) is 53.8 Å². The lowest BCUT2D eigenvalue weighted by Crippen LogP contribution is -2.38. The molecule has 288 valence electrons. The first-order chi connectivity index (χ1) is 27.7. The van der Waals surface area contributed by atoms with Crippen molar-refractivity contribution in [2.45, 2.75) is 35.2 Å². The minimum absolute atomic E-state index is 0.0602. The highest BCUT2D eigenvalue weighted by Gasteiger charge is 2.38. The third-order valence-electron chi connectivity index (χ3n) is 10.3. The summed E-state index contributed by atoms with van der Waals surface area (Å²) in [5.74, 6) is 1.34. The van der Waals surface area contributed by atoms with E-state index in [1.54, 1.807) is 11.8 Å². The Morgan fingerprint density at radius 3 is 1.20 bits per heavy atom. The molecule has 6 rings (SSSR count). The number of carbonyl (C=O) groups excluding carboxylic acids is 1. The van der Waals surface area contributed by atoms with E-state index < -0.39 is 4.75 Å². The number of amides is 1. The number of thioether (sulfide) groups is 2. The van der Waals surface area contributed by atoms with Crippen molar-refractivity contribution in [2.75, 3.05) is 43.0 Å². The maximum absolute atomic E-state index is 13.8. The van der Waals surface area contributed by atoms with Crippen LogP contribution in [0.3, 0.4) is 0 Å². The van der Waals surface area contributed by atoms with Gasteiger partial charge in [-0.15, -0.1) is 23.5 Å². The van der Waals surface area contributed by atoms with E-state index in [9.17, 15) is 4.79 Å². The number of halogens is 1. The second-order valence-corrected chi connectivity index (χ2v) is 17.3. The fourth-order valence-corrected chi connectivity index (χ4v) is 10.9. The van der Waals surface area contributed by atoms with Gasteiger partial charge in [0.05, 0.1) is 15.2 Å². The monoisotopic (exact) mass is 840 g/mol. The van der Waals surface area contributed by atoms with E-state index in [0.29, 0.717) is 12.3 Å². The summed E-state index contributed by atoms with van der Waals surface area (Å²) in [6.07, 6.45) is 4.79. The van der Waals surface area contributed by atoms with Gasteiger partial charge in [-0.3, -0.25) is 4.79 Å². The first-order valence-electron chi connectivity index (χ1n) is 19.8. The number of unbranched alkanes of at least 4 members (excludes halogenated alkanes) is 3. The van der Waals surface area contributed by atoms with E-state index >= 15 is 0 Å². The fourth-order valence-electron chi connectivity index (χ4n) is 7.56. The third-order valence-corrected chi connectivity index (χ3v) is 14.0. The zero-order chi connectivity index (χ0) is 38.7. The maximum atomic E-state index is 13.8. The molecule has 0 fully saturated rings. The third kappa shape index (κ3) is 10.7. The van der Waals surface area contributed by atoms with E-state index in [2.05, 4.69) is 208 Å². The van der Waals surface area contributed by atoms with Gasteiger partial charge < -0.3 is 10.2 Å². The van der Waals surface area contributed by atoms with E-state index in [1.807, 2.05) is 11.8 Å². The summed E-state index contributed by atoms with van der Waals surface area (Å²) in [5.41, 5.74) is 7.34. The lowest BCUT2D eigenvalue weighted by atomic mass is 9.84. The van der Waals surface area contributed by atoms with E-state index in [1.165, 1.54) is 36.0 Å². The fraction of sp³-hybridized carbons (Fsp3) is 0.260. The smallest absolute Gasteiger partial charge is 0.230 e. The van der Waals surface area contributed by atoms with Crippen LogP contribution < -0.4 is 5.32 Å². The van der Waals surface area contributed by atoms with Crippen LogP contribution in [-0.2, 0) is 14.3 Å². The van der Waals surface area contributed by atoms with Crippen LogP contribution in [0.25, 0.3) is 0 Å². The maximum Gasteiger partial charge on any atom is 0.230 e. The molecule has 1 N–H and O–H groups in total. The van der Waals surface area contributed by atoms with Crippen molar-refractivity contribution >= 4 is 45.4 Å². The Labute approximate surface area is 351 Å². The lowest BCUT2D eigenvalue weighted by molar-refractivity contribution is -0.118. The standard InChI is InChI=1S/C50H53BrN2OS2/c51-35-21-1-2-22-37-53(39-40-55-49(42-23-9-3-10-24-42,43-25-11-4-12-26-43)44-27-13-5-14-28-44)38-36-52-48(54)41-56-50(45-29-15-6-16-30-45,46-31-17-7-18-32-46)47-33-19-8-20-34-47/h3-20,23-34H,1-2,21-22,35-41H2,(H,52,54). The first kappa shape index (κ1) is 41.6. The molecule has 0 aliphatic carbocycles. The molecule has 6 aromatic carbocycles. The van der Waals surface area contributed by atoms with Crippen molar-refractivity contribution in [3.05, 3.63) is 215 Å². The summed E-state index contributed by atoms with van der Waals surface area (Å²) < 4.78 is -0.873. The summed E-state index contributed by atoms with van der Waals surface area (Å²) in [6, 6.07) is 64.6. The molecule has 0 bridgehead atoms. The highest BCUT2D eigenvalue weighted by molar-refractivity contribution is 9.09. The average molecular weight is 842 g/mol. The Hall–Kier alpha value is -4.07. The number of hydrogen-bond acceptors (Lipinski definition) is 4. The molecule has 56 heavy (non-hydrogen) atoms. The molecule has 1 amide bonds. The number of alkyl halides is 1. The molecule has 0 heterocycles. The number of rotatable bonds is 22. The van der Waals surface area contributed by atoms with Crippen molar-refractivity contribution in [1.82, 2.24) is 10.2 Å². The van der Waals surface area contributed by atoms with Gasteiger partial charge in [-0.05, 0) is 52.8 Å². The molecule has 3 nitrogen and oxygen atoms in total. The Kier molecular flexibility index (Phi) is 16.3. The van der Waals surface area contributed by atoms with Crippen LogP contribution in [0.15, 0.2) is 182 Å². The number of hydrogen-bond donors (Lipinski definition) is 1. The summed E-state index contributed by atoms with van der Waals surface area (Å²) in [5, 5.41) is 4.37. The predicted molar refractivity (Wildman–Crippen MR) is 245 cm³/mol. The zero-order valence-corrected chi connectivity index (χ0v) is 35.4. The molecule has 0 aliphatic heterocycles. The van der Waals surface area contributed by atoms with Crippen LogP contribution in [-0.4, -0.2) is 53.8 Å². The molecular formula is C50H53BrN2OS2. The van der Waals surface area contributed by atoms with Gasteiger partial charge in [0.1, 0.15) is 0 Å². The number of carbonyl (C=O) groups is 1. The van der Waals surface area contributed by atoms with Crippen molar-refractivity contribution in [3.63, 3.8) is 0 Å². The van der Waals surface area contributed by atoms with Crippen LogP contribution in [0.2, 0.25) is 0 Å². The molecule has 0 radical (unpaired) electrons. The Morgan fingerprint density at radius 1 is 0.464 bits per heavy atom. The van der Waals surface area contributed by atoms with Gasteiger partial charge in [-0.2, -0.15) is 0 Å². The van der Waals surface area contributed by atoms with E-state index in [4.69, 9.17) is 0 Å². The highest BCUT2D eigenvalue weighted by atomic mass is 79.9. The van der Waals surface area contributed by atoms with Crippen LogP contribution in [0.5, 0.6) is 0 Å². The molecule has 0 saturated heterocycles. The summed E-state index contributed by atoms with van der Waals surface area (Å²) in [6.45, 7) is 3.37. The largest absolute Gasteiger partial charge is 0.354 e. The van der Waals surface area contributed by atoms with Crippen molar-refractivity contribution < 1.29 is 4.79 Å². The minimum Gasteiger partial charge on any atom is -0.354 e. The van der Waals surface area contributed by atoms with Crippen LogP contribution in [0.4, 0.5) is 0 Å². The highest BCUT2D eigenvalue weighted by Crippen LogP contribution is 2.49. The SMILES string of the molecule is O=C(CSC(c1ccccc1)(c1ccccc1)c1ccccc1)NCCN(CCCCCCBr)CCSC(c1ccccc1)(c1ccccc1)c1ccccc1. The molecule has 0 saturated carbocycles. The molecule has 0 aromatic heterocycles. The number of nitrogens with zero attached hydrogens (tertiary/aromatic N) is 1. The Bertz CT molecular complexity index is 1790. The predicted octanol–water partition coefficient (Wildman–Crippen LogP) is 11.8. The van der Waals surface area contributed by atoms with Crippen LogP contribution >= 0.6 is 39.5 Å². The summed E-state index contributed by atoms with van der Waals surface area (Å²) in [7, 11) is 0. The van der Waals surface area contributed by atoms with Gasteiger partial charge in [0, 0.05) is 30.7 Å². The zero-order valence-electron chi connectivity index (χ0n) is 32.1. The lowest BCUT2D eigenvalue weighted by Gasteiger charge is -2.36.